The highest BCUT2D eigenvalue weighted by Gasteiger charge is 2.59. The van der Waals surface area contributed by atoms with Crippen LogP contribution in [0.1, 0.15) is 156 Å². The molecule has 328 valence electrons. The highest BCUT2D eigenvalue weighted by atomic mass is 31.2. The molecule has 0 amide bonds. The zero-order chi connectivity index (χ0) is 42.6. The van der Waals surface area contributed by atoms with Gasteiger partial charge < -0.3 is 24.8 Å². The van der Waals surface area contributed by atoms with Gasteiger partial charge in [-0.15, -0.1) is 6.42 Å². The number of terminal acetylenes is 1. The summed E-state index contributed by atoms with van der Waals surface area (Å²) < 4.78 is 54.0. The number of benzene rings is 1. The number of para-hydroxylation sites is 1. The number of halogens is 1. The number of imidazole rings is 1. The number of nitrogen functional groups attached to an aromatic ring is 1. The molecule has 3 aromatic rings. The Hall–Kier alpha value is -3.60. The number of anilines is 1. The Labute approximate surface area is 350 Å². The summed E-state index contributed by atoms with van der Waals surface area (Å²) in [5.41, 5.74) is 1.69. The lowest BCUT2D eigenvalue weighted by Crippen LogP contribution is -2.54. The van der Waals surface area contributed by atoms with Crippen molar-refractivity contribution in [2.24, 2.45) is 0 Å². The Morgan fingerprint density at radius 2 is 1.53 bits per heavy atom. The highest BCUT2D eigenvalue weighted by molar-refractivity contribution is 7.52. The summed E-state index contributed by atoms with van der Waals surface area (Å²) in [6.07, 6.45) is 28.8. The monoisotopic (exact) mass is 842 g/mol. The molecule has 3 heterocycles. The van der Waals surface area contributed by atoms with Crippen LogP contribution in [0.3, 0.4) is 0 Å². The van der Waals surface area contributed by atoms with E-state index in [4.69, 9.17) is 30.7 Å². The lowest BCUT2D eigenvalue weighted by Gasteiger charge is -2.38. The van der Waals surface area contributed by atoms with Gasteiger partial charge in [0.2, 0.25) is 0 Å². The van der Waals surface area contributed by atoms with Crippen molar-refractivity contribution in [1.29, 1.82) is 0 Å². The van der Waals surface area contributed by atoms with E-state index in [1.807, 2.05) is 0 Å². The topological polar surface area (TPSA) is 173 Å². The third-order valence-corrected chi connectivity index (χ3v) is 12.8. The Morgan fingerprint density at radius 3 is 2.08 bits per heavy atom. The number of aliphatic hydroxyl groups is 1. The molecule has 0 radical (unpaired) electrons. The number of fused-ring (bicyclic) bond motifs is 1. The number of hydrogen-bond donors (Lipinski definition) is 3. The Morgan fingerprint density at radius 1 is 0.966 bits per heavy atom. The number of rotatable bonds is 30. The molecular weight excluding hydrogens is 774 g/mol. The summed E-state index contributed by atoms with van der Waals surface area (Å²) in [6, 6.07) is 7.20. The number of hydrogen-bond acceptors (Lipinski definition) is 11. The van der Waals surface area contributed by atoms with Gasteiger partial charge in [-0.25, -0.2) is 9.55 Å². The Balaban J connectivity index is 1.43. The molecule has 1 saturated heterocycles. The van der Waals surface area contributed by atoms with Gasteiger partial charge in [-0.05, 0) is 44.7 Å². The molecule has 59 heavy (non-hydrogen) atoms. The predicted molar refractivity (Wildman–Crippen MR) is 229 cm³/mol. The second-order valence-corrected chi connectivity index (χ2v) is 17.6. The first kappa shape index (κ1) is 48.1. The van der Waals surface area contributed by atoms with E-state index in [2.05, 4.69) is 39.8 Å². The van der Waals surface area contributed by atoms with Crippen LogP contribution < -0.4 is 15.3 Å². The van der Waals surface area contributed by atoms with Crippen molar-refractivity contribution >= 4 is 30.7 Å². The van der Waals surface area contributed by atoms with Crippen LogP contribution >= 0.6 is 7.75 Å². The van der Waals surface area contributed by atoms with Crippen LogP contribution in [0.2, 0.25) is 0 Å². The number of nitrogens with one attached hydrogen (secondary N) is 1. The number of carbonyl (C=O) groups excluding carboxylic acids is 1. The van der Waals surface area contributed by atoms with Crippen LogP contribution in [0, 0.1) is 18.4 Å². The number of unbranched alkanes of at least 4 members (excludes halogenated alkanes) is 16. The van der Waals surface area contributed by atoms with Crippen molar-refractivity contribution in [1.82, 2.24) is 24.6 Å². The Bertz CT molecular complexity index is 1770. The molecular formula is C44H68FN6O7P. The van der Waals surface area contributed by atoms with Gasteiger partial charge in [0.15, 0.2) is 28.3 Å². The minimum absolute atomic E-state index is 0.0413. The number of aromatic nitrogens is 4. The van der Waals surface area contributed by atoms with Gasteiger partial charge >= 0.3 is 19.8 Å². The molecule has 1 aromatic carbocycles. The minimum atomic E-state index is -4.46. The van der Waals surface area contributed by atoms with E-state index < -0.39 is 43.8 Å². The third-order valence-electron chi connectivity index (χ3n) is 11.1. The molecule has 2 aromatic heterocycles. The molecule has 1 aliphatic heterocycles. The van der Waals surface area contributed by atoms with E-state index in [1.165, 1.54) is 90.3 Å². The van der Waals surface area contributed by atoms with Gasteiger partial charge in [-0.2, -0.15) is 19.4 Å². The van der Waals surface area contributed by atoms with Crippen LogP contribution in [-0.2, 0) is 29.1 Å². The van der Waals surface area contributed by atoms with Crippen molar-refractivity contribution in [2.45, 2.75) is 179 Å². The maximum atomic E-state index is 14.6. The van der Waals surface area contributed by atoms with Crippen LogP contribution in [0.25, 0.3) is 11.2 Å². The lowest BCUT2D eigenvalue weighted by atomic mass is 9.91. The van der Waals surface area contributed by atoms with E-state index in [0.29, 0.717) is 0 Å². The standard InChI is InChI=1S/C44H68FN6O7P/c1-5-8-10-12-14-16-18-20-23-27-36(28-24-21-19-17-15-13-11-9-6-2)57-41(52)35(4)50-59(54,58-37-29-25-22-26-30-37)56-33-43(7-3)44(53,31-32-55-43)51-34-47-38-39(46)48-42(45)49-40(38)51/h3,22,25-26,29-30,34-36,53H,5-6,8-21,23-24,27-28,31-33H2,1-2,4H3,(H,50,54)(H2,46,48,49)/t35-,43+,44-,59?/m0/s1. The normalized spacial score (nSPS) is 19.5. The quantitative estimate of drug-likeness (QED) is 0.0191. The maximum absolute atomic E-state index is 14.6. The number of nitrogens with zero attached hydrogens (tertiary/aromatic N) is 4. The van der Waals surface area contributed by atoms with Crippen molar-refractivity contribution < 1.29 is 37.4 Å². The molecule has 13 nitrogen and oxygen atoms in total. The first-order valence-electron chi connectivity index (χ1n) is 22.0. The van der Waals surface area contributed by atoms with E-state index in [-0.39, 0.29) is 41.9 Å². The molecule has 0 aliphatic carbocycles. The summed E-state index contributed by atoms with van der Waals surface area (Å²) in [5, 5.41) is 14.9. The molecule has 15 heteroatoms. The third kappa shape index (κ3) is 14.2. The molecule has 4 atom stereocenters. The highest BCUT2D eigenvalue weighted by Crippen LogP contribution is 2.49. The SMILES string of the molecule is C#C[C@]1(COP(=O)(N[C@@H](C)C(=O)OC(CCCCCCCCCCC)CCCCCCCCCCC)Oc2ccccc2)OCC[C@@]1(O)n1cnc2c(N)nc(F)nc21. The first-order chi connectivity index (χ1) is 28.5. The zero-order valence-corrected chi connectivity index (χ0v) is 36.4. The number of esters is 1. The average Bonchev–Trinajstić information content (AvgIpc) is 3.80. The van der Waals surface area contributed by atoms with Gasteiger partial charge in [0, 0.05) is 6.42 Å². The van der Waals surface area contributed by atoms with Crippen LogP contribution in [0.4, 0.5) is 10.2 Å². The summed E-state index contributed by atoms with van der Waals surface area (Å²) in [7, 11) is -4.46. The minimum Gasteiger partial charge on any atom is -0.461 e. The number of nitrogens with two attached hydrogens (primary N) is 1. The van der Waals surface area contributed by atoms with Crippen LogP contribution in [0.15, 0.2) is 36.7 Å². The molecule has 0 bridgehead atoms. The van der Waals surface area contributed by atoms with Gasteiger partial charge in [0.05, 0.1) is 12.9 Å². The fourth-order valence-corrected chi connectivity index (χ4v) is 9.10. The fourth-order valence-electron chi connectivity index (χ4n) is 7.59. The summed E-state index contributed by atoms with van der Waals surface area (Å²) in [4.78, 5) is 25.2. The second-order valence-electron chi connectivity index (χ2n) is 15.9. The van der Waals surface area contributed by atoms with E-state index in [9.17, 15) is 18.9 Å². The molecule has 4 N–H and O–H groups in total. The van der Waals surface area contributed by atoms with E-state index >= 15 is 0 Å². The van der Waals surface area contributed by atoms with Crippen LogP contribution in [0.5, 0.6) is 5.75 Å². The zero-order valence-electron chi connectivity index (χ0n) is 35.5. The van der Waals surface area contributed by atoms with Crippen molar-refractivity contribution in [3.8, 4) is 18.1 Å². The maximum Gasteiger partial charge on any atom is 0.459 e. The van der Waals surface area contributed by atoms with Gasteiger partial charge in [-0.1, -0.05) is 141 Å². The summed E-state index contributed by atoms with van der Waals surface area (Å²) >= 11 is 0. The van der Waals surface area contributed by atoms with E-state index in [1.54, 1.807) is 30.3 Å². The van der Waals surface area contributed by atoms with Crippen molar-refractivity contribution in [2.75, 3.05) is 18.9 Å². The van der Waals surface area contributed by atoms with Crippen LogP contribution in [-0.4, -0.2) is 61.6 Å². The fraction of sp³-hybridized carbons (Fsp3) is 0.682. The lowest BCUT2D eigenvalue weighted by molar-refractivity contribution is -0.152. The van der Waals surface area contributed by atoms with Gasteiger partial charge in [0.1, 0.15) is 24.5 Å². The number of ether oxygens (including phenoxy) is 2. The van der Waals surface area contributed by atoms with Gasteiger partial charge in [0.25, 0.3) is 0 Å². The van der Waals surface area contributed by atoms with Crippen molar-refractivity contribution in [3.05, 3.63) is 42.7 Å². The average molecular weight is 843 g/mol. The smallest absolute Gasteiger partial charge is 0.459 e. The molecule has 0 spiro atoms. The predicted octanol–water partition coefficient (Wildman–Crippen LogP) is 9.92. The molecule has 1 aliphatic rings. The first-order valence-corrected chi connectivity index (χ1v) is 23.5. The molecule has 1 unspecified atom stereocenters. The molecule has 4 rings (SSSR count). The van der Waals surface area contributed by atoms with Gasteiger partial charge in [-0.3, -0.25) is 13.9 Å². The van der Waals surface area contributed by atoms with Crippen molar-refractivity contribution in [3.63, 3.8) is 0 Å². The number of carbonyl (C=O) groups is 1. The Kier molecular flexibility index (Phi) is 20.0. The largest absolute Gasteiger partial charge is 0.461 e. The molecule has 1 fully saturated rings. The summed E-state index contributed by atoms with van der Waals surface area (Å²) in [5.74, 6) is 1.84. The summed E-state index contributed by atoms with van der Waals surface area (Å²) in [6.45, 7) is 5.27. The van der Waals surface area contributed by atoms with E-state index in [0.717, 1.165) is 55.9 Å². The second kappa shape index (κ2) is 24.6. The molecule has 0 saturated carbocycles.